The van der Waals surface area contributed by atoms with Crippen molar-refractivity contribution in [3.05, 3.63) is 23.8 Å². The maximum absolute atomic E-state index is 11.6. The second-order valence-corrected chi connectivity index (χ2v) is 8.05. The Morgan fingerprint density at radius 1 is 1.29 bits per heavy atom. The van der Waals surface area contributed by atoms with E-state index in [2.05, 4.69) is 0 Å². The van der Waals surface area contributed by atoms with E-state index in [4.69, 9.17) is 20.9 Å². The molecule has 176 valence electrons. The van der Waals surface area contributed by atoms with Crippen LogP contribution >= 0.6 is 0 Å². The Labute approximate surface area is 179 Å². The zero-order chi connectivity index (χ0) is 23.8. The normalized spacial score (nSPS) is 25.0. The number of methoxy groups -OCH3 is 1. The molecule has 1 saturated heterocycles. The number of hydrogen-bond donors (Lipinski definition) is 9. The molecule has 1 aliphatic rings. The minimum atomic E-state index is -2.72. The number of carbonyl (C=O) groups excluding carboxylic acids is 1. The Morgan fingerprint density at radius 2 is 1.90 bits per heavy atom. The summed E-state index contributed by atoms with van der Waals surface area (Å²) in [6.07, 6.45) is -4.90. The fraction of sp³-hybridized carbons (Fsp3) is 0.632. The van der Waals surface area contributed by atoms with E-state index in [0.29, 0.717) is 5.56 Å². The van der Waals surface area contributed by atoms with Gasteiger partial charge in [-0.05, 0) is 31.5 Å². The van der Waals surface area contributed by atoms with E-state index >= 15 is 0 Å². The fourth-order valence-corrected chi connectivity index (χ4v) is 3.44. The third-order valence-corrected chi connectivity index (χ3v) is 5.50. The molecule has 11 N–H and O–H groups in total. The second kappa shape index (κ2) is 8.84. The van der Waals surface area contributed by atoms with Crippen molar-refractivity contribution in [2.45, 2.75) is 68.3 Å². The smallest absolute Gasteiger partial charge is 0.254 e. The van der Waals surface area contributed by atoms with Crippen molar-refractivity contribution in [2.75, 3.05) is 7.11 Å². The molecule has 1 aromatic rings. The zero-order valence-corrected chi connectivity index (χ0v) is 17.5. The highest BCUT2D eigenvalue weighted by atomic mass is 16.5. The van der Waals surface area contributed by atoms with Crippen molar-refractivity contribution in [3.63, 3.8) is 0 Å². The van der Waals surface area contributed by atoms with Crippen LogP contribution in [0.2, 0.25) is 0 Å². The maximum Gasteiger partial charge on any atom is 0.254 e. The van der Waals surface area contributed by atoms with Gasteiger partial charge in [-0.1, -0.05) is 6.07 Å². The van der Waals surface area contributed by atoms with Gasteiger partial charge < -0.3 is 51.2 Å². The summed E-state index contributed by atoms with van der Waals surface area (Å²) in [5.41, 5.74) is 6.18. The summed E-state index contributed by atoms with van der Waals surface area (Å²) in [7, 11) is 1.34. The number of benzene rings is 1. The van der Waals surface area contributed by atoms with Crippen LogP contribution < -0.4 is 26.3 Å². The molecule has 1 heterocycles. The van der Waals surface area contributed by atoms with Gasteiger partial charge in [-0.15, -0.1) is 0 Å². The quantitative estimate of drug-likeness (QED) is 0.176. The Morgan fingerprint density at radius 3 is 2.35 bits per heavy atom. The lowest BCUT2D eigenvalue weighted by Gasteiger charge is -2.44. The lowest BCUT2D eigenvalue weighted by Crippen LogP contribution is -2.73. The molecule has 0 aromatic heterocycles. The predicted octanol–water partition coefficient (Wildman–Crippen LogP) is -2.87. The number of carbonyl (C=O) groups is 1. The van der Waals surface area contributed by atoms with E-state index in [1.807, 2.05) is 5.32 Å². The topological polar surface area (TPSA) is 221 Å². The number of nitrogens with one attached hydrogen (secondary N) is 1. The molecule has 0 spiro atoms. The molecule has 1 aromatic carbocycles. The molecule has 0 bridgehead atoms. The highest BCUT2D eigenvalue weighted by molar-refractivity contribution is 5.80. The molecule has 31 heavy (non-hydrogen) atoms. The van der Waals surface area contributed by atoms with Crippen molar-refractivity contribution in [2.24, 2.45) is 11.5 Å². The fourth-order valence-electron chi connectivity index (χ4n) is 3.44. The first kappa shape index (κ1) is 25.2. The Hall–Kier alpha value is -2.03. The van der Waals surface area contributed by atoms with E-state index in [0.717, 1.165) is 6.92 Å². The molecule has 12 nitrogen and oxygen atoms in total. The Kier molecular flexibility index (Phi) is 7.20. The number of aliphatic hydroxyl groups excluding tert-OH is 2. The molecule has 6 atom stereocenters. The predicted molar refractivity (Wildman–Crippen MR) is 106 cm³/mol. The van der Waals surface area contributed by atoms with Crippen LogP contribution in [0.4, 0.5) is 0 Å². The SMILES string of the molecule is COc1ccc(C2CC(=O)NC2(O)O)cc1OC(CC(C)O)C(C)(O)C(N)(O)C(N)O. The molecular formula is C19H31N3O9. The summed E-state index contributed by atoms with van der Waals surface area (Å²) in [5.74, 6) is -3.91. The third kappa shape index (κ3) is 5.07. The van der Waals surface area contributed by atoms with Crippen molar-refractivity contribution in [3.8, 4) is 11.5 Å². The largest absolute Gasteiger partial charge is 0.493 e. The number of rotatable bonds is 9. The van der Waals surface area contributed by atoms with Crippen LogP contribution in [0, 0.1) is 0 Å². The summed E-state index contributed by atoms with van der Waals surface area (Å²) < 4.78 is 11.1. The highest BCUT2D eigenvalue weighted by Gasteiger charge is 2.54. The molecule has 0 aliphatic carbocycles. The average Bonchev–Trinajstić information content (AvgIpc) is 2.92. The summed E-state index contributed by atoms with van der Waals surface area (Å²) in [5, 5.41) is 63.0. The van der Waals surface area contributed by atoms with Gasteiger partial charge in [-0.25, -0.2) is 0 Å². The van der Waals surface area contributed by atoms with Gasteiger partial charge in [-0.3, -0.25) is 10.5 Å². The first-order chi connectivity index (χ1) is 14.1. The molecular weight excluding hydrogens is 414 g/mol. The van der Waals surface area contributed by atoms with E-state index in [9.17, 15) is 35.4 Å². The van der Waals surface area contributed by atoms with E-state index in [1.165, 1.54) is 32.2 Å². The third-order valence-electron chi connectivity index (χ3n) is 5.50. The van der Waals surface area contributed by atoms with E-state index in [1.54, 1.807) is 0 Å². The second-order valence-electron chi connectivity index (χ2n) is 8.05. The van der Waals surface area contributed by atoms with Gasteiger partial charge in [0, 0.05) is 12.8 Å². The summed E-state index contributed by atoms with van der Waals surface area (Å²) in [4.78, 5) is 11.6. The number of hydrogen-bond acceptors (Lipinski definition) is 11. The standard InChI is InChI=1S/C19H31N3O9/c1-9(23)6-14(17(2,26)18(21,27)16(20)25)31-13-7-10(4-5-12(13)30-3)11-8-15(24)22-19(11,28)29/h4-5,7,9,11,14,16,23,25-29H,6,8,20-21H2,1-3H3,(H,22,24). The molecule has 6 unspecified atom stereocenters. The van der Waals surface area contributed by atoms with Crippen molar-refractivity contribution in [1.82, 2.24) is 5.32 Å². The van der Waals surface area contributed by atoms with Crippen LogP contribution in [-0.2, 0) is 4.79 Å². The van der Waals surface area contributed by atoms with Gasteiger partial charge in [-0.2, -0.15) is 0 Å². The maximum atomic E-state index is 11.6. The van der Waals surface area contributed by atoms with Crippen molar-refractivity contribution in [1.29, 1.82) is 0 Å². The zero-order valence-electron chi connectivity index (χ0n) is 17.5. The lowest BCUT2D eigenvalue weighted by molar-refractivity contribution is -0.226. The molecule has 1 aliphatic heterocycles. The van der Waals surface area contributed by atoms with Crippen LogP contribution in [0.25, 0.3) is 0 Å². The molecule has 0 radical (unpaired) electrons. The monoisotopic (exact) mass is 445 g/mol. The first-order valence-electron chi connectivity index (χ1n) is 9.59. The van der Waals surface area contributed by atoms with E-state index in [-0.39, 0.29) is 24.3 Å². The number of amides is 1. The van der Waals surface area contributed by atoms with Gasteiger partial charge in [0.1, 0.15) is 17.9 Å². The molecule has 1 amide bonds. The van der Waals surface area contributed by atoms with Crippen molar-refractivity contribution >= 4 is 5.91 Å². The van der Waals surface area contributed by atoms with Crippen LogP contribution in [0.1, 0.15) is 38.2 Å². The first-order valence-corrected chi connectivity index (χ1v) is 9.59. The molecule has 1 fully saturated rings. The molecule has 12 heteroatoms. The van der Waals surface area contributed by atoms with Crippen LogP contribution in [-0.4, -0.2) is 79.3 Å². The Bertz CT molecular complexity index is 796. The molecule has 2 rings (SSSR count). The lowest BCUT2D eigenvalue weighted by atomic mass is 9.83. The van der Waals surface area contributed by atoms with Gasteiger partial charge in [0.15, 0.2) is 17.2 Å². The summed E-state index contributed by atoms with van der Waals surface area (Å²) >= 11 is 0. The summed E-state index contributed by atoms with van der Waals surface area (Å²) in [6.45, 7) is 2.49. The molecule has 0 saturated carbocycles. The minimum Gasteiger partial charge on any atom is -0.493 e. The van der Waals surface area contributed by atoms with E-state index < -0.39 is 47.5 Å². The van der Waals surface area contributed by atoms with Gasteiger partial charge in [0.25, 0.3) is 5.91 Å². The highest BCUT2D eigenvalue weighted by Crippen LogP contribution is 2.40. The van der Waals surface area contributed by atoms with Crippen molar-refractivity contribution < 1.29 is 44.9 Å². The van der Waals surface area contributed by atoms with Gasteiger partial charge in [0.2, 0.25) is 5.91 Å². The number of ether oxygens (including phenoxy) is 2. The number of aliphatic hydroxyl groups is 6. The number of nitrogens with two attached hydrogens (primary N) is 2. The summed E-state index contributed by atoms with van der Waals surface area (Å²) in [6, 6.07) is 4.32. The van der Waals surface area contributed by atoms with Crippen LogP contribution in [0.5, 0.6) is 11.5 Å². The Balaban J connectivity index is 2.47. The average molecular weight is 445 g/mol. The van der Waals surface area contributed by atoms with Gasteiger partial charge in [0.05, 0.1) is 19.1 Å². The minimum absolute atomic E-state index is 0.0108. The van der Waals surface area contributed by atoms with Gasteiger partial charge >= 0.3 is 0 Å². The van der Waals surface area contributed by atoms with Crippen LogP contribution in [0.3, 0.4) is 0 Å². The van der Waals surface area contributed by atoms with Crippen LogP contribution in [0.15, 0.2) is 18.2 Å².